The zero-order valence-electron chi connectivity index (χ0n) is 11.0. The number of halogens is 1. The van der Waals surface area contributed by atoms with Crippen LogP contribution in [0.15, 0.2) is 27.6 Å². The van der Waals surface area contributed by atoms with Gasteiger partial charge in [-0.3, -0.25) is 0 Å². The first-order valence-corrected chi connectivity index (χ1v) is 8.89. The summed E-state index contributed by atoms with van der Waals surface area (Å²) in [4.78, 5) is 0.108. The van der Waals surface area contributed by atoms with Crippen LogP contribution < -0.4 is 10.5 Å². The molecule has 0 bridgehead atoms. The van der Waals surface area contributed by atoms with Crippen molar-refractivity contribution >= 4 is 31.6 Å². The molecular weight excluding hydrogens is 344 g/mol. The van der Waals surface area contributed by atoms with E-state index in [1.54, 1.807) is 12.1 Å². The summed E-state index contributed by atoms with van der Waals surface area (Å²) in [7, 11) is -3.58. The molecular formula is C13H19BrN2O3S. The highest BCUT2D eigenvalue weighted by Crippen LogP contribution is 2.25. The largest absolute Gasteiger partial charge is 0.398 e. The monoisotopic (exact) mass is 362 g/mol. The third-order valence-electron chi connectivity index (χ3n) is 3.64. The van der Waals surface area contributed by atoms with E-state index in [4.69, 9.17) is 5.73 Å². The van der Waals surface area contributed by atoms with Crippen LogP contribution in [0, 0.1) is 5.92 Å². The van der Waals surface area contributed by atoms with Gasteiger partial charge in [0.15, 0.2) is 0 Å². The standard InChI is InChI=1S/C13H19BrN2O3S/c14-10-3-6-13(12(15)7-10)20(18,19)16-8-9-1-4-11(17)5-2-9/h3,6-7,9,11,16-17H,1-2,4-5,8,15H2. The molecule has 1 fully saturated rings. The number of anilines is 1. The molecule has 0 amide bonds. The quantitative estimate of drug-likeness (QED) is 0.712. The Morgan fingerprint density at radius 2 is 1.95 bits per heavy atom. The van der Waals surface area contributed by atoms with Crippen molar-refractivity contribution in [1.29, 1.82) is 0 Å². The summed E-state index contributed by atoms with van der Waals surface area (Å²) < 4.78 is 27.8. The second-order valence-corrected chi connectivity index (χ2v) is 7.86. The fraction of sp³-hybridized carbons (Fsp3) is 0.538. The molecule has 5 nitrogen and oxygen atoms in total. The fourth-order valence-corrected chi connectivity index (χ4v) is 4.02. The lowest BCUT2D eigenvalue weighted by atomic mass is 9.88. The summed E-state index contributed by atoms with van der Waals surface area (Å²) >= 11 is 3.25. The molecule has 0 atom stereocenters. The van der Waals surface area contributed by atoms with Crippen LogP contribution in [0.25, 0.3) is 0 Å². The van der Waals surface area contributed by atoms with Crippen molar-refractivity contribution in [3.8, 4) is 0 Å². The smallest absolute Gasteiger partial charge is 0.242 e. The molecule has 0 aromatic heterocycles. The van der Waals surface area contributed by atoms with Gasteiger partial charge in [0.2, 0.25) is 10.0 Å². The summed E-state index contributed by atoms with van der Waals surface area (Å²) in [5.74, 6) is 0.282. The molecule has 1 aromatic carbocycles. The number of aliphatic hydroxyl groups is 1. The van der Waals surface area contributed by atoms with Gasteiger partial charge in [-0.1, -0.05) is 15.9 Å². The van der Waals surface area contributed by atoms with Gasteiger partial charge in [0, 0.05) is 11.0 Å². The minimum Gasteiger partial charge on any atom is -0.398 e. The van der Waals surface area contributed by atoms with Gasteiger partial charge in [-0.05, 0) is 49.8 Å². The lowest BCUT2D eigenvalue weighted by molar-refractivity contribution is 0.110. The van der Waals surface area contributed by atoms with Gasteiger partial charge >= 0.3 is 0 Å². The normalized spacial score (nSPS) is 23.7. The Balaban J connectivity index is 2.00. The zero-order chi connectivity index (χ0) is 14.8. The SMILES string of the molecule is Nc1cc(Br)ccc1S(=O)(=O)NCC1CCC(O)CC1. The van der Waals surface area contributed by atoms with Crippen LogP contribution in [0.1, 0.15) is 25.7 Å². The van der Waals surface area contributed by atoms with Crippen LogP contribution in [0.2, 0.25) is 0 Å². The topological polar surface area (TPSA) is 92.4 Å². The lowest BCUT2D eigenvalue weighted by Gasteiger charge is -2.25. The summed E-state index contributed by atoms with van der Waals surface area (Å²) in [6.07, 6.45) is 2.95. The first kappa shape index (κ1) is 15.8. The highest BCUT2D eigenvalue weighted by molar-refractivity contribution is 9.10. The third kappa shape index (κ3) is 3.94. The van der Waals surface area contributed by atoms with Crippen LogP contribution in [-0.2, 0) is 10.0 Å². The summed E-state index contributed by atoms with van der Waals surface area (Å²) in [6.45, 7) is 0.393. The van der Waals surface area contributed by atoms with Gasteiger partial charge in [0.1, 0.15) is 4.90 Å². The van der Waals surface area contributed by atoms with Gasteiger partial charge in [-0.25, -0.2) is 13.1 Å². The highest BCUT2D eigenvalue weighted by Gasteiger charge is 2.23. The molecule has 0 saturated heterocycles. The van der Waals surface area contributed by atoms with Gasteiger partial charge < -0.3 is 10.8 Å². The molecule has 20 heavy (non-hydrogen) atoms. The maximum absolute atomic E-state index is 12.2. The first-order valence-electron chi connectivity index (χ1n) is 6.61. The number of nitrogens with two attached hydrogens (primary N) is 1. The Morgan fingerprint density at radius 1 is 1.30 bits per heavy atom. The molecule has 0 radical (unpaired) electrons. The van der Waals surface area contributed by atoms with E-state index >= 15 is 0 Å². The Kier molecular flexibility index (Phi) is 5.06. The number of nitrogen functional groups attached to an aromatic ring is 1. The summed E-state index contributed by atoms with van der Waals surface area (Å²) in [6, 6.07) is 4.72. The molecule has 1 saturated carbocycles. The van der Waals surface area contributed by atoms with Gasteiger partial charge in [0.25, 0.3) is 0 Å². The van der Waals surface area contributed by atoms with Gasteiger partial charge in [-0.2, -0.15) is 0 Å². The molecule has 0 spiro atoms. The van der Waals surface area contributed by atoms with Crippen LogP contribution in [-0.4, -0.2) is 26.2 Å². The third-order valence-corrected chi connectivity index (χ3v) is 5.63. The highest BCUT2D eigenvalue weighted by atomic mass is 79.9. The Morgan fingerprint density at radius 3 is 2.55 bits per heavy atom. The van der Waals surface area contributed by atoms with Gasteiger partial charge in [0.05, 0.1) is 11.8 Å². The van der Waals surface area contributed by atoms with Gasteiger partial charge in [-0.15, -0.1) is 0 Å². The molecule has 4 N–H and O–H groups in total. The van der Waals surface area contributed by atoms with Crippen molar-refractivity contribution in [2.45, 2.75) is 36.7 Å². The van der Waals surface area contributed by atoms with E-state index in [1.165, 1.54) is 6.07 Å². The minimum absolute atomic E-state index is 0.108. The van der Waals surface area contributed by atoms with E-state index in [0.717, 1.165) is 30.2 Å². The van der Waals surface area contributed by atoms with E-state index < -0.39 is 10.0 Å². The Labute approximate surface area is 127 Å². The Bertz CT molecular complexity index is 569. The average Bonchev–Trinajstić information content (AvgIpc) is 2.37. The second-order valence-electron chi connectivity index (χ2n) is 5.21. The van der Waals surface area contributed by atoms with Crippen molar-refractivity contribution in [3.05, 3.63) is 22.7 Å². The van der Waals surface area contributed by atoms with Crippen LogP contribution in [0.4, 0.5) is 5.69 Å². The van der Waals surface area contributed by atoms with Crippen LogP contribution in [0.5, 0.6) is 0 Å². The van der Waals surface area contributed by atoms with E-state index in [0.29, 0.717) is 6.54 Å². The number of rotatable bonds is 4. The fourth-order valence-electron chi connectivity index (χ4n) is 2.42. The molecule has 7 heteroatoms. The summed E-state index contributed by atoms with van der Waals surface area (Å²) in [5.41, 5.74) is 5.98. The average molecular weight is 363 g/mol. The molecule has 1 aromatic rings. The molecule has 0 aliphatic heterocycles. The molecule has 0 unspecified atom stereocenters. The number of hydrogen-bond acceptors (Lipinski definition) is 4. The van der Waals surface area contributed by atoms with E-state index in [9.17, 15) is 13.5 Å². The second kappa shape index (κ2) is 6.43. The van der Waals surface area contributed by atoms with E-state index in [1.807, 2.05) is 0 Å². The molecule has 0 heterocycles. The summed E-state index contributed by atoms with van der Waals surface area (Å²) in [5, 5.41) is 9.44. The number of hydrogen-bond donors (Lipinski definition) is 3. The van der Waals surface area contributed by atoms with Crippen molar-refractivity contribution in [1.82, 2.24) is 4.72 Å². The van der Waals surface area contributed by atoms with E-state index in [-0.39, 0.29) is 22.6 Å². The predicted octanol–water partition coefficient (Wildman–Crippen LogP) is 1.86. The Hall–Kier alpha value is -0.630. The molecule has 1 aliphatic rings. The predicted molar refractivity (Wildman–Crippen MR) is 81.7 cm³/mol. The number of aliphatic hydroxyl groups excluding tert-OH is 1. The number of benzene rings is 1. The van der Waals surface area contributed by atoms with Crippen molar-refractivity contribution in [2.24, 2.45) is 5.92 Å². The molecule has 112 valence electrons. The van der Waals surface area contributed by atoms with Crippen molar-refractivity contribution in [2.75, 3.05) is 12.3 Å². The van der Waals surface area contributed by atoms with Crippen molar-refractivity contribution in [3.63, 3.8) is 0 Å². The number of nitrogens with one attached hydrogen (secondary N) is 1. The maximum Gasteiger partial charge on any atom is 0.242 e. The number of sulfonamides is 1. The lowest BCUT2D eigenvalue weighted by Crippen LogP contribution is -2.32. The molecule has 2 rings (SSSR count). The maximum atomic E-state index is 12.2. The van der Waals surface area contributed by atoms with Crippen LogP contribution >= 0.6 is 15.9 Å². The van der Waals surface area contributed by atoms with Crippen LogP contribution in [0.3, 0.4) is 0 Å². The first-order chi connectivity index (χ1) is 9.38. The van der Waals surface area contributed by atoms with E-state index in [2.05, 4.69) is 20.7 Å². The minimum atomic E-state index is -3.58. The molecule has 1 aliphatic carbocycles. The van der Waals surface area contributed by atoms with Crippen molar-refractivity contribution < 1.29 is 13.5 Å². The zero-order valence-corrected chi connectivity index (χ0v) is 13.5.